The van der Waals surface area contributed by atoms with Gasteiger partial charge in [0.15, 0.2) is 0 Å². The molecule has 0 amide bonds. The van der Waals surface area contributed by atoms with Crippen molar-refractivity contribution in [2.45, 2.75) is 39.5 Å². The minimum Gasteiger partial charge on any atom is -0.493 e. The molecule has 1 unspecified atom stereocenters. The van der Waals surface area contributed by atoms with Gasteiger partial charge in [-0.05, 0) is 55.5 Å². The van der Waals surface area contributed by atoms with Crippen LogP contribution < -0.4 is 10.1 Å². The Bertz CT molecular complexity index is 375. The molecule has 1 atom stereocenters. The standard InChI is InChI=1S/C16H25NO/c1-3-9-17-11-13(2)12-18-16-8-7-14-5-4-6-15(14)10-16/h7-8,10,13,17H,3-6,9,11-12H2,1-2H3. The van der Waals surface area contributed by atoms with Crippen molar-refractivity contribution in [3.05, 3.63) is 29.3 Å². The van der Waals surface area contributed by atoms with E-state index in [1.807, 2.05) is 0 Å². The predicted octanol–water partition coefficient (Wildman–Crippen LogP) is 3.19. The highest BCUT2D eigenvalue weighted by Crippen LogP contribution is 2.26. The van der Waals surface area contributed by atoms with Gasteiger partial charge in [0.25, 0.3) is 0 Å². The van der Waals surface area contributed by atoms with Crippen LogP contribution >= 0.6 is 0 Å². The molecule has 0 heterocycles. The Labute approximate surface area is 111 Å². The van der Waals surface area contributed by atoms with Gasteiger partial charge in [0.2, 0.25) is 0 Å². The van der Waals surface area contributed by atoms with Crippen LogP contribution in [0.4, 0.5) is 0 Å². The minimum atomic E-state index is 0.560. The summed E-state index contributed by atoms with van der Waals surface area (Å²) in [6.07, 6.45) is 4.96. The summed E-state index contributed by atoms with van der Waals surface area (Å²) in [5.74, 6) is 1.60. The zero-order valence-corrected chi connectivity index (χ0v) is 11.7. The molecule has 0 saturated carbocycles. The fraction of sp³-hybridized carbons (Fsp3) is 0.625. The van der Waals surface area contributed by atoms with Crippen LogP contribution in [-0.4, -0.2) is 19.7 Å². The zero-order chi connectivity index (χ0) is 12.8. The van der Waals surface area contributed by atoms with E-state index in [-0.39, 0.29) is 0 Å². The Kier molecular flexibility index (Phi) is 5.06. The lowest BCUT2D eigenvalue weighted by Gasteiger charge is -2.14. The van der Waals surface area contributed by atoms with Crippen LogP contribution in [0.2, 0.25) is 0 Å². The Morgan fingerprint density at radius 3 is 2.94 bits per heavy atom. The first-order valence-corrected chi connectivity index (χ1v) is 7.25. The number of nitrogens with one attached hydrogen (secondary N) is 1. The maximum atomic E-state index is 5.88. The van der Waals surface area contributed by atoms with E-state index in [1.54, 1.807) is 0 Å². The molecule has 2 heteroatoms. The average Bonchev–Trinajstić information content (AvgIpc) is 2.84. The van der Waals surface area contributed by atoms with Crippen LogP contribution in [0.1, 0.15) is 37.8 Å². The maximum absolute atomic E-state index is 5.88. The van der Waals surface area contributed by atoms with Gasteiger partial charge >= 0.3 is 0 Å². The first kappa shape index (κ1) is 13.4. The molecule has 1 aromatic carbocycles. The molecule has 0 spiro atoms. The van der Waals surface area contributed by atoms with Crippen molar-refractivity contribution in [1.82, 2.24) is 5.32 Å². The molecular weight excluding hydrogens is 222 g/mol. The Balaban J connectivity index is 1.76. The van der Waals surface area contributed by atoms with Crippen LogP contribution in [0, 0.1) is 5.92 Å². The van der Waals surface area contributed by atoms with E-state index in [0.29, 0.717) is 5.92 Å². The first-order chi connectivity index (χ1) is 8.79. The fourth-order valence-electron chi connectivity index (χ4n) is 2.46. The predicted molar refractivity (Wildman–Crippen MR) is 76.3 cm³/mol. The Hall–Kier alpha value is -1.02. The number of aryl methyl sites for hydroxylation is 2. The van der Waals surface area contributed by atoms with Crippen molar-refractivity contribution in [2.24, 2.45) is 5.92 Å². The van der Waals surface area contributed by atoms with Gasteiger partial charge in [0.1, 0.15) is 5.75 Å². The number of hydrogen-bond donors (Lipinski definition) is 1. The minimum absolute atomic E-state index is 0.560. The average molecular weight is 247 g/mol. The highest BCUT2D eigenvalue weighted by molar-refractivity contribution is 5.38. The second-order valence-electron chi connectivity index (χ2n) is 5.40. The van der Waals surface area contributed by atoms with E-state index in [9.17, 15) is 0 Å². The van der Waals surface area contributed by atoms with E-state index >= 15 is 0 Å². The number of benzene rings is 1. The molecule has 0 aliphatic heterocycles. The van der Waals surface area contributed by atoms with E-state index in [0.717, 1.165) is 25.4 Å². The molecule has 0 bridgehead atoms. The molecule has 0 fully saturated rings. The van der Waals surface area contributed by atoms with Gasteiger partial charge in [-0.1, -0.05) is 19.9 Å². The van der Waals surface area contributed by atoms with Crippen LogP contribution in [0.5, 0.6) is 5.75 Å². The monoisotopic (exact) mass is 247 g/mol. The second-order valence-corrected chi connectivity index (χ2v) is 5.40. The Morgan fingerprint density at radius 1 is 1.28 bits per heavy atom. The van der Waals surface area contributed by atoms with Crippen molar-refractivity contribution in [3.63, 3.8) is 0 Å². The highest BCUT2D eigenvalue weighted by atomic mass is 16.5. The number of rotatable bonds is 7. The maximum Gasteiger partial charge on any atom is 0.119 e. The van der Waals surface area contributed by atoms with Crippen LogP contribution in [0.25, 0.3) is 0 Å². The third kappa shape index (κ3) is 3.74. The molecule has 1 aromatic rings. The lowest BCUT2D eigenvalue weighted by atomic mass is 10.1. The molecule has 1 aliphatic rings. The summed E-state index contributed by atoms with van der Waals surface area (Å²) < 4.78 is 5.88. The lowest BCUT2D eigenvalue weighted by molar-refractivity contribution is 0.255. The van der Waals surface area contributed by atoms with Gasteiger partial charge in [-0.25, -0.2) is 0 Å². The Morgan fingerprint density at radius 2 is 2.11 bits per heavy atom. The van der Waals surface area contributed by atoms with E-state index in [1.165, 1.54) is 36.8 Å². The normalized spacial score (nSPS) is 15.4. The molecule has 0 radical (unpaired) electrons. The van der Waals surface area contributed by atoms with Gasteiger partial charge < -0.3 is 10.1 Å². The molecule has 1 aliphatic carbocycles. The van der Waals surface area contributed by atoms with Crippen molar-refractivity contribution in [2.75, 3.05) is 19.7 Å². The van der Waals surface area contributed by atoms with Crippen molar-refractivity contribution in [1.29, 1.82) is 0 Å². The van der Waals surface area contributed by atoms with E-state index in [2.05, 4.69) is 37.4 Å². The second kappa shape index (κ2) is 6.79. The third-order valence-corrected chi connectivity index (χ3v) is 3.52. The molecule has 0 saturated heterocycles. The number of fused-ring (bicyclic) bond motifs is 1. The first-order valence-electron chi connectivity index (χ1n) is 7.25. The lowest BCUT2D eigenvalue weighted by Crippen LogP contribution is -2.25. The van der Waals surface area contributed by atoms with Gasteiger partial charge in [0, 0.05) is 12.5 Å². The SMILES string of the molecule is CCCNCC(C)COc1ccc2c(c1)CCC2. The number of ether oxygens (including phenoxy) is 1. The van der Waals surface area contributed by atoms with Gasteiger partial charge in [-0.15, -0.1) is 0 Å². The van der Waals surface area contributed by atoms with Gasteiger partial charge in [0.05, 0.1) is 6.61 Å². The summed E-state index contributed by atoms with van der Waals surface area (Å²) in [6, 6.07) is 6.59. The smallest absolute Gasteiger partial charge is 0.119 e. The van der Waals surface area contributed by atoms with Crippen LogP contribution in [0.15, 0.2) is 18.2 Å². The van der Waals surface area contributed by atoms with Crippen molar-refractivity contribution in [3.8, 4) is 5.75 Å². The van der Waals surface area contributed by atoms with Crippen LogP contribution in [0.3, 0.4) is 0 Å². The molecule has 2 nitrogen and oxygen atoms in total. The summed E-state index contributed by atoms with van der Waals surface area (Å²) in [5.41, 5.74) is 3.00. The third-order valence-electron chi connectivity index (χ3n) is 3.52. The summed E-state index contributed by atoms with van der Waals surface area (Å²) in [5, 5.41) is 3.43. The molecule has 18 heavy (non-hydrogen) atoms. The summed E-state index contributed by atoms with van der Waals surface area (Å²) >= 11 is 0. The summed E-state index contributed by atoms with van der Waals surface area (Å²) in [4.78, 5) is 0. The van der Waals surface area contributed by atoms with E-state index in [4.69, 9.17) is 4.74 Å². The van der Waals surface area contributed by atoms with Gasteiger partial charge in [-0.2, -0.15) is 0 Å². The van der Waals surface area contributed by atoms with Crippen LogP contribution in [-0.2, 0) is 12.8 Å². The zero-order valence-electron chi connectivity index (χ0n) is 11.7. The topological polar surface area (TPSA) is 21.3 Å². The van der Waals surface area contributed by atoms with Crippen molar-refractivity contribution >= 4 is 0 Å². The number of hydrogen-bond acceptors (Lipinski definition) is 2. The quantitative estimate of drug-likeness (QED) is 0.747. The largest absolute Gasteiger partial charge is 0.493 e. The summed E-state index contributed by atoms with van der Waals surface area (Å²) in [6.45, 7) is 7.37. The van der Waals surface area contributed by atoms with E-state index < -0.39 is 0 Å². The summed E-state index contributed by atoms with van der Waals surface area (Å²) in [7, 11) is 0. The molecule has 2 rings (SSSR count). The van der Waals surface area contributed by atoms with Gasteiger partial charge in [-0.3, -0.25) is 0 Å². The molecule has 1 N–H and O–H groups in total. The highest BCUT2D eigenvalue weighted by Gasteiger charge is 2.11. The fourth-order valence-corrected chi connectivity index (χ4v) is 2.46. The molecule has 100 valence electrons. The molecular formula is C16H25NO. The van der Waals surface area contributed by atoms with Crippen molar-refractivity contribution < 1.29 is 4.74 Å². The molecule has 0 aromatic heterocycles.